The highest BCUT2D eigenvalue weighted by molar-refractivity contribution is 5.80. The van der Waals surface area contributed by atoms with Crippen molar-refractivity contribution in [1.82, 2.24) is 15.5 Å². The summed E-state index contributed by atoms with van der Waals surface area (Å²) >= 11 is 0. The highest BCUT2D eigenvalue weighted by Crippen LogP contribution is 2.27. The maximum atomic E-state index is 9.89. The van der Waals surface area contributed by atoms with E-state index >= 15 is 0 Å². The van der Waals surface area contributed by atoms with E-state index in [2.05, 4.69) is 59.7 Å². The van der Waals surface area contributed by atoms with Gasteiger partial charge in [0.2, 0.25) is 0 Å². The van der Waals surface area contributed by atoms with Gasteiger partial charge in [-0.15, -0.1) is 0 Å². The van der Waals surface area contributed by atoms with Crippen molar-refractivity contribution in [3.8, 4) is 11.5 Å². The van der Waals surface area contributed by atoms with Crippen LogP contribution in [0.3, 0.4) is 0 Å². The fourth-order valence-corrected chi connectivity index (χ4v) is 3.99. The number of hydrogen-bond donors (Lipinski definition) is 3. The molecule has 3 N–H and O–H groups in total. The first-order chi connectivity index (χ1) is 15.1. The second-order valence-electron chi connectivity index (χ2n) is 7.97. The molecule has 6 heteroatoms. The molecule has 1 aliphatic rings. The molecule has 0 saturated carbocycles. The number of ether oxygens (including phenoxy) is 1. The minimum absolute atomic E-state index is 0.163. The number of hydrogen-bond acceptors (Lipinski definition) is 4. The molecule has 2 aromatic rings. The molecular formula is C25H36N4O2. The van der Waals surface area contributed by atoms with Crippen LogP contribution in [-0.2, 0) is 6.54 Å². The van der Waals surface area contributed by atoms with Crippen LogP contribution in [-0.4, -0.2) is 48.2 Å². The molecule has 0 radical (unpaired) electrons. The van der Waals surface area contributed by atoms with E-state index in [0.717, 1.165) is 44.0 Å². The first-order valence-electron chi connectivity index (χ1n) is 11.4. The highest BCUT2D eigenvalue weighted by atomic mass is 16.5. The Morgan fingerprint density at radius 2 is 1.90 bits per heavy atom. The monoisotopic (exact) mass is 424 g/mol. The first-order valence-corrected chi connectivity index (χ1v) is 11.4. The minimum Gasteiger partial charge on any atom is -0.504 e. The van der Waals surface area contributed by atoms with E-state index in [0.29, 0.717) is 31.0 Å². The SMILES string of the molecule is CCNC(=NCc1ccc(O)c(OCC)c1)NC1CCN(C(C)c2ccccc2)CC1. The average Bonchev–Trinajstić information content (AvgIpc) is 2.80. The average molecular weight is 425 g/mol. The molecule has 1 atom stereocenters. The van der Waals surface area contributed by atoms with Gasteiger partial charge in [0, 0.05) is 31.7 Å². The Hall–Kier alpha value is -2.73. The van der Waals surface area contributed by atoms with E-state index in [-0.39, 0.29) is 5.75 Å². The molecule has 0 aliphatic carbocycles. The van der Waals surface area contributed by atoms with Gasteiger partial charge in [-0.05, 0) is 56.9 Å². The molecule has 6 nitrogen and oxygen atoms in total. The van der Waals surface area contributed by atoms with Crippen LogP contribution < -0.4 is 15.4 Å². The summed E-state index contributed by atoms with van der Waals surface area (Å²) in [4.78, 5) is 7.31. The fraction of sp³-hybridized carbons (Fsp3) is 0.480. The Morgan fingerprint density at radius 1 is 1.16 bits per heavy atom. The Morgan fingerprint density at radius 3 is 2.58 bits per heavy atom. The van der Waals surface area contributed by atoms with Crippen LogP contribution in [0.25, 0.3) is 0 Å². The molecule has 31 heavy (non-hydrogen) atoms. The predicted octanol–water partition coefficient (Wildman–Crippen LogP) is 4.07. The number of benzene rings is 2. The molecule has 1 heterocycles. The largest absolute Gasteiger partial charge is 0.504 e. The molecule has 0 spiro atoms. The summed E-state index contributed by atoms with van der Waals surface area (Å²) in [5, 5.41) is 16.9. The Labute approximate surface area is 186 Å². The van der Waals surface area contributed by atoms with Gasteiger partial charge < -0.3 is 20.5 Å². The molecule has 0 amide bonds. The van der Waals surface area contributed by atoms with Gasteiger partial charge in [0.05, 0.1) is 13.2 Å². The standard InChI is InChI=1S/C25H36N4O2/c1-4-26-25(27-18-20-11-12-23(30)24(17-20)31-5-2)28-22-13-15-29(16-14-22)19(3)21-9-7-6-8-10-21/h6-12,17,19,22,30H,4-5,13-16,18H2,1-3H3,(H2,26,27,28). The zero-order valence-corrected chi connectivity index (χ0v) is 19.0. The third-order valence-corrected chi connectivity index (χ3v) is 5.79. The van der Waals surface area contributed by atoms with Crippen molar-refractivity contribution in [2.75, 3.05) is 26.2 Å². The number of nitrogens with one attached hydrogen (secondary N) is 2. The van der Waals surface area contributed by atoms with E-state index in [4.69, 9.17) is 9.73 Å². The minimum atomic E-state index is 0.163. The third kappa shape index (κ3) is 6.62. The lowest BCUT2D eigenvalue weighted by Gasteiger charge is -2.37. The van der Waals surface area contributed by atoms with Crippen LogP contribution in [0.15, 0.2) is 53.5 Å². The van der Waals surface area contributed by atoms with E-state index < -0.39 is 0 Å². The smallest absolute Gasteiger partial charge is 0.191 e. The van der Waals surface area contributed by atoms with Crippen molar-refractivity contribution >= 4 is 5.96 Å². The predicted molar refractivity (Wildman–Crippen MR) is 127 cm³/mol. The molecule has 1 unspecified atom stereocenters. The molecule has 0 bridgehead atoms. The number of rotatable bonds is 8. The molecular weight excluding hydrogens is 388 g/mol. The summed E-state index contributed by atoms with van der Waals surface area (Å²) in [6.07, 6.45) is 2.19. The zero-order valence-electron chi connectivity index (χ0n) is 19.0. The maximum absolute atomic E-state index is 9.89. The number of piperidine rings is 1. The molecule has 3 rings (SSSR count). The van der Waals surface area contributed by atoms with Crippen molar-refractivity contribution in [2.24, 2.45) is 4.99 Å². The van der Waals surface area contributed by atoms with Gasteiger partial charge in [-0.2, -0.15) is 0 Å². The number of aliphatic imine (C=N–C) groups is 1. The number of phenolic OH excluding ortho intramolecular Hbond substituents is 1. The zero-order chi connectivity index (χ0) is 22.1. The summed E-state index contributed by atoms with van der Waals surface area (Å²) in [6.45, 7) is 10.3. The topological polar surface area (TPSA) is 69.1 Å². The lowest BCUT2D eigenvalue weighted by molar-refractivity contribution is 0.158. The Balaban J connectivity index is 1.55. The molecule has 1 fully saturated rings. The van der Waals surface area contributed by atoms with E-state index in [1.165, 1.54) is 5.56 Å². The molecule has 0 aromatic heterocycles. The first kappa shape index (κ1) is 22.9. The van der Waals surface area contributed by atoms with Crippen LogP contribution in [0, 0.1) is 0 Å². The number of guanidine groups is 1. The van der Waals surface area contributed by atoms with Crippen LogP contribution in [0.4, 0.5) is 0 Å². The van der Waals surface area contributed by atoms with Crippen LogP contribution in [0.1, 0.15) is 50.8 Å². The quantitative estimate of drug-likeness (QED) is 0.440. The summed E-state index contributed by atoms with van der Waals surface area (Å²) in [5.41, 5.74) is 2.38. The lowest BCUT2D eigenvalue weighted by Crippen LogP contribution is -2.49. The second-order valence-corrected chi connectivity index (χ2v) is 7.97. The Bertz CT molecular complexity index is 833. The van der Waals surface area contributed by atoms with Crippen molar-refractivity contribution in [3.05, 3.63) is 59.7 Å². The van der Waals surface area contributed by atoms with E-state index in [9.17, 15) is 5.11 Å². The van der Waals surface area contributed by atoms with E-state index in [1.807, 2.05) is 19.1 Å². The Kier molecular flexibility index (Phi) is 8.59. The normalized spacial score (nSPS) is 16.7. The van der Waals surface area contributed by atoms with Crippen LogP contribution in [0.2, 0.25) is 0 Å². The van der Waals surface area contributed by atoms with Gasteiger partial charge in [-0.1, -0.05) is 36.4 Å². The molecule has 168 valence electrons. The van der Waals surface area contributed by atoms with Gasteiger partial charge >= 0.3 is 0 Å². The fourth-order valence-electron chi connectivity index (χ4n) is 3.99. The van der Waals surface area contributed by atoms with E-state index in [1.54, 1.807) is 6.07 Å². The maximum Gasteiger partial charge on any atom is 0.191 e. The molecule has 2 aromatic carbocycles. The summed E-state index contributed by atoms with van der Waals surface area (Å²) < 4.78 is 5.48. The van der Waals surface area contributed by atoms with Gasteiger partial charge in [0.1, 0.15) is 0 Å². The van der Waals surface area contributed by atoms with Gasteiger partial charge in [-0.3, -0.25) is 4.90 Å². The molecule has 1 saturated heterocycles. The number of nitrogens with zero attached hydrogens (tertiary/aromatic N) is 2. The number of aromatic hydroxyl groups is 1. The summed E-state index contributed by atoms with van der Waals surface area (Å²) in [6, 6.07) is 17.0. The van der Waals surface area contributed by atoms with Crippen molar-refractivity contribution in [2.45, 2.75) is 52.2 Å². The van der Waals surface area contributed by atoms with Crippen molar-refractivity contribution in [1.29, 1.82) is 0 Å². The van der Waals surface area contributed by atoms with Crippen molar-refractivity contribution in [3.63, 3.8) is 0 Å². The summed E-state index contributed by atoms with van der Waals surface area (Å²) in [5.74, 6) is 1.51. The van der Waals surface area contributed by atoms with Crippen LogP contribution in [0.5, 0.6) is 11.5 Å². The second kappa shape index (κ2) is 11.6. The van der Waals surface area contributed by atoms with Crippen molar-refractivity contribution < 1.29 is 9.84 Å². The third-order valence-electron chi connectivity index (χ3n) is 5.79. The number of phenols is 1. The van der Waals surface area contributed by atoms with Gasteiger partial charge in [0.25, 0.3) is 0 Å². The molecule has 1 aliphatic heterocycles. The highest BCUT2D eigenvalue weighted by Gasteiger charge is 2.24. The summed E-state index contributed by atoms with van der Waals surface area (Å²) in [7, 11) is 0. The van der Waals surface area contributed by atoms with Gasteiger partial charge in [0.15, 0.2) is 17.5 Å². The number of likely N-dealkylation sites (tertiary alicyclic amines) is 1. The van der Waals surface area contributed by atoms with Gasteiger partial charge in [-0.25, -0.2) is 4.99 Å². The van der Waals surface area contributed by atoms with Crippen LogP contribution >= 0.6 is 0 Å². The lowest BCUT2D eigenvalue weighted by atomic mass is 10.0.